The van der Waals surface area contributed by atoms with Crippen LogP contribution in [0.2, 0.25) is 0 Å². The van der Waals surface area contributed by atoms with Crippen molar-refractivity contribution in [3.63, 3.8) is 0 Å². The minimum Gasteiger partial charge on any atom is -0.467 e. The maximum atomic E-state index is 13.6. The largest absolute Gasteiger partial charge is 0.467 e. The van der Waals surface area contributed by atoms with E-state index in [1.165, 1.54) is 0 Å². The van der Waals surface area contributed by atoms with Crippen LogP contribution in [0.15, 0.2) is 65.3 Å². The van der Waals surface area contributed by atoms with E-state index in [9.17, 15) is 9.59 Å². The Kier molecular flexibility index (Phi) is 5.95. The highest BCUT2D eigenvalue weighted by molar-refractivity contribution is 6.08. The van der Waals surface area contributed by atoms with Crippen LogP contribution in [0.25, 0.3) is 10.8 Å². The van der Waals surface area contributed by atoms with Crippen molar-refractivity contribution in [2.75, 3.05) is 19.7 Å². The topological polar surface area (TPSA) is 63.0 Å². The van der Waals surface area contributed by atoms with E-state index in [-0.39, 0.29) is 30.5 Å². The van der Waals surface area contributed by atoms with E-state index < -0.39 is 0 Å². The normalized spacial score (nSPS) is 18.1. The van der Waals surface area contributed by atoms with Gasteiger partial charge in [-0.15, -0.1) is 0 Å². The van der Waals surface area contributed by atoms with Gasteiger partial charge in [0.2, 0.25) is 5.91 Å². The lowest BCUT2D eigenvalue weighted by atomic mass is 10.0. The minimum atomic E-state index is -0.0762. The third-order valence-electron chi connectivity index (χ3n) is 6.30. The Balaban J connectivity index is 1.36. The molecule has 0 N–H and O–H groups in total. The number of fused-ring (bicyclic) bond motifs is 1. The second-order valence-corrected chi connectivity index (χ2v) is 8.68. The van der Waals surface area contributed by atoms with Crippen LogP contribution >= 0.6 is 0 Å². The lowest BCUT2D eigenvalue weighted by Crippen LogP contribution is -2.45. The van der Waals surface area contributed by atoms with E-state index in [0.717, 1.165) is 48.8 Å². The molecule has 0 spiro atoms. The molecule has 2 aromatic carbocycles. The van der Waals surface area contributed by atoms with Gasteiger partial charge in [0.1, 0.15) is 12.3 Å². The van der Waals surface area contributed by atoms with Crippen molar-refractivity contribution < 1.29 is 18.7 Å². The van der Waals surface area contributed by atoms with Crippen LogP contribution in [-0.4, -0.2) is 53.5 Å². The van der Waals surface area contributed by atoms with Gasteiger partial charge in [-0.1, -0.05) is 36.4 Å². The Morgan fingerprint density at radius 2 is 1.81 bits per heavy atom. The molecule has 6 nitrogen and oxygen atoms in total. The second-order valence-electron chi connectivity index (χ2n) is 8.68. The molecule has 2 fully saturated rings. The van der Waals surface area contributed by atoms with Gasteiger partial charge in [0.15, 0.2) is 0 Å². The SMILES string of the molecule is O=C(CN(C(=O)c1cccc2ccccc12)C1CC1)N(Cc1ccco1)CC1CCCO1. The van der Waals surface area contributed by atoms with Gasteiger partial charge in [0.25, 0.3) is 5.91 Å². The van der Waals surface area contributed by atoms with Crippen LogP contribution < -0.4 is 0 Å². The molecule has 1 aliphatic heterocycles. The van der Waals surface area contributed by atoms with Crippen LogP contribution in [0.4, 0.5) is 0 Å². The second kappa shape index (κ2) is 9.17. The predicted octanol–water partition coefficient (Wildman–Crippen LogP) is 4.25. The number of rotatable bonds is 8. The molecule has 1 aliphatic carbocycles. The van der Waals surface area contributed by atoms with Gasteiger partial charge in [-0.05, 0) is 54.7 Å². The Labute approximate surface area is 187 Å². The molecule has 0 bridgehead atoms. The number of furan rings is 1. The fourth-order valence-electron chi connectivity index (χ4n) is 4.44. The van der Waals surface area contributed by atoms with Gasteiger partial charge in [-0.2, -0.15) is 0 Å². The maximum absolute atomic E-state index is 13.6. The number of hydrogen-bond acceptors (Lipinski definition) is 4. The van der Waals surface area contributed by atoms with Crippen molar-refractivity contribution in [1.29, 1.82) is 0 Å². The highest BCUT2D eigenvalue weighted by Gasteiger charge is 2.36. The van der Waals surface area contributed by atoms with Crippen molar-refractivity contribution in [1.82, 2.24) is 9.80 Å². The maximum Gasteiger partial charge on any atom is 0.255 e. The summed E-state index contributed by atoms with van der Waals surface area (Å²) in [5.41, 5.74) is 0.652. The fourth-order valence-corrected chi connectivity index (χ4v) is 4.44. The summed E-state index contributed by atoms with van der Waals surface area (Å²) in [4.78, 5) is 30.5. The number of carbonyl (C=O) groups is 2. The molecule has 2 aliphatic rings. The number of amides is 2. The van der Waals surface area contributed by atoms with E-state index in [1.807, 2.05) is 54.6 Å². The van der Waals surface area contributed by atoms with E-state index in [4.69, 9.17) is 9.15 Å². The van der Waals surface area contributed by atoms with Crippen molar-refractivity contribution in [2.24, 2.45) is 0 Å². The van der Waals surface area contributed by atoms with Crippen molar-refractivity contribution in [3.05, 3.63) is 72.2 Å². The van der Waals surface area contributed by atoms with Gasteiger partial charge < -0.3 is 19.0 Å². The molecule has 166 valence electrons. The van der Waals surface area contributed by atoms with Crippen molar-refractivity contribution >= 4 is 22.6 Å². The number of carbonyl (C=O) groups excluding carboxylic acids is 2. The van der Waals surface area contributed by atoms with Gasteiger partial charge in [0.05, 0.1) is 18.9 Å². The Morgan fingerprint density at radius 1 is 0.969 bits per heavy atom. The predicted molar refractivity (Wildman–Crippen MR) is 121 cm³/mol. The lowest BCUT2D eigenvalue weighted by Gasteiger charge is -2.29. The Morgan fingerprint density at radius 3 is 2.56 bits per heavy atom. The Bertz CT molecular complexity index is 1080. The molecule has 1 atom stereocenters. The van der Waals surface area contributed by atoms with E-state index in [2.05, 4.69) is 0 Å². The molecule has 1 saturated carbocycles. The average molecular weight is 433 g/mol. The molecule has 2 heterocycles. The standard InChI is InChI=1S/C26H28N2O4/c29-25(27(16-21-8-4-14-31-21)17-22-9-5-15-32-22)18-28(20-12-13-20)26(30)24-11-3-7-19-6-1-2-10-23(19)24/h1-4,6-8,10-11,14,20,22H,5,9,12-13,15-18H2. The first kappa shape index (κ1) is 20.8. The molecule has 2 amide bonds. The van der Waals surface area contributed by atoms with Gasteiger partial charge in [-0.3, -0.25) is 9.59 Å². The molecule has 1 unspecified atom stereocenters. The van der Waals surface area contributed by atoms with Crippen LogP contribution in [-0.2, 0) is 16.1 Å². The first-order chi connectivity index (χ1) is 15.7. The molecule has 6 heteroatoms. The van der Waals surface area contributed by atoms with Crippen LogP contribution in [0, 0.1) is 0 Å². The van der Waals surface area contributed by atoms with E-state index in [1.54, 1.807) is 16.1 Å². The third kappa shape index (κ3) is 4.55. The summed E-state index contributed by atoms with van der Waals surface area (Å²) < 4.78 is 11.3. The Hall–Kier alpha value is -3.12. The first-order valence-electron chi connectivity index (χ1n) is 11.4. The lowest BCUT2D eigenvalue weighted by molar-refractivity contribution is -0.134. The number of ether oxygens (including phenoxy) is 1. The number of benzene rings is 2. The number of nitrogens with zero attached hydrogens (tertiary/aromatic N) is 2. The molecule has 1 aromatic heterocycles. The smallest absolute Gasteiger partial charge is 0.255 e. The monoisotopic (exact) mass is 432 g/mol. The van der Waals surface area contributed by atoms with Crippen LogP contribution in [0.5, 0.6) is 0 Å². The molecule has 5 rings (SSSR count). The molecule has 0 radical (unpaired) electrons. The van der Waals surface area contributed by atoms with Gasteiger partial charge in [-0.25, -0.2) is 0 Å². The summed E-state index contributed by atoms with van der Waals surface area (Å²) in [7, 11) is 0. The zero-order chi connectivity index (χ0) is 21.9. The highest BCUT2D eigenvalue weighted by atomic mass is 16.5. The summed E-state index contributed by atoms with van der Waals surface area (Å²) in [5, 5.41) is 1.95. The molecule has 1 saturated heterocycles. The highest BCUT2D eigenvalue weighted by Crippen LogP contribution is 2.30. The molecule has 3 aromatic rings. The summed E-state index contributed by atoms with van der Waals surface area (Å²) >= 11 is 0. The summed E-state index contributed by atoms with van der Waals surface area (Å²) in [6, 6.07) is 17.5. The van der Waals surface area contributed by atoms with E-state index in [0.29, 0.717) is 18.7 Å². The minimum absolute atomic E-state index is 0.0389. The van der Waals surface area contributed by atoms with Gasteiger partial charge in [0, 0.05) is 24.8 Å². The van der Waals surface area contributed by atoms with Crippen LogP contribution in [0.1, 0.15) is 41.8 Å². The molecule has 32 heavy (non-hydrogen) atoms. The van der Waals surface area contributed by atoms with Crippen molar-refractivity contribution in [3.8, 4) is 0 Å². The van der Waals surface area contributed by atoms with E-state index >= 15 is 0 Å². The average Bonchev–Trinajstić information content (AvgIpc) is 3.28. The first-order valence-corrected chi connectivity index (χ1v) is 11.4. The summed E-state index contributed by atoms with van der Waals surface area (Å²) in [5.74, 6) is 0.583. The van der Waals surface area contributed by atoms with Crippen LogP contribution in [0.3, 0.4) is 0 Å². The summed E-state index contributed by atoms with van der Waals surface area (Å²) in [6.07, 6.45) is 5.49. The molecular formula is C26H28N2O4. The third-order valence-corrected chi connectivity index (χ3v) is 6.30. The zero-order valence-corrected chi connectivity index (χ0v) is 18.1. The number of hydrogen-bond donors (Lipinski definition) is 0. The summed E-state index contributed by atoms with van der Waals surface area (Å²) in [6.45, 7) is 1.70. The zero-order valence-electron chi connectivity index (χ0n) is 18.1. The fraction of sp³-hybridized carbons (Fsp3) is 0.385. The van der Waals surface area contributed by atoms with Gasteiger partial charge >= 0.3 is 0 Å². The quantitative estimate of drug-likeness (QED) is 0.534. The van der Waals surface area contributed by atoms with Crippen molar-refractivity contribution in [2.45, 2.75) is 44.4 Å². The molecular weight excluding hydrogens is 404 g/mol.